The van der Waals surface area contributed by atoms with Gasteiger partial charge in [0.15, 0.2) is 0 Å². The van der Waals surface area contributed by atoms with Crippen LogP contribution < -0.4 is 4.74 Å². The zero-order valence-corrected chi connectivity index (χ0v) is 18.6. The molecule has 0 bridgehead atoms. The molecule has 0 fully saturated rings. The second kappa shape index (κ2) is 8.28. The van der Waals surface area contributed by atoms with Crippen molar-refractivity contribution >= 4 is 33.5 Å². The minimum Gasteiger partial charge on any atom is -0.457 e. The summed E-state index contributed by atoms with van der Waals surface area (Å²) >= 11 is 6.23. The molecule has 0 saturated heterocycles. The fourth-order valence-corrected chi connectivity index (χ4v) is 4.27. The van der Waals surface area contributed by atoms with Gasteiger partial charge in [-0.2, -0.15) is 0 Å². The van der Waals surface area contributed by atoms with Gasteiger partial charge in [-0.3, -0.25) is 4.98 Å². The molecule has 0 aliphatic heterocycles. The van der Waals surface area contributed by atoms with E-state index in [1.165, 1.54) is 6.07 Å². The van der Waals surface area contributed by atoms with E-state index in [0.29, 0.717) is 10.8 Å². The lowest BCUT2D eigenvalue weighted by Crippen LogP contribution is -1.87. The molecular formula is C28H17ClFN3O. The lowest BCUT2D eigenvalue weighted by Gasteiger charge is -2.08. The molecule has 0 saturated carbocycles. The zero-order chi connectivity index (χ0) is 23.1. The highest BCUT2D eigenvalue weighted by molar-refractivity contribution is 6.33. The molecule has 0 aliphatic carbocycles. The van der Waals surface area contributed by atoms with Crippen molar-refractivity contribution in [1.82, 2.24) is 15.0 Å². The highest BCUT2D eigenvalue weighted by Crippen LogP contribution is 2.33. The van der Waals surface area contributed by atoms with Crippen molar-refractivity contribution in [3.05, 3.63) is 108 Å². The fourth-order valence-electron chi connectivity index (χ4n) is 4.02. The van der Waals surface area contributed by atoms with E-state index in [0.717, 1.165) is 44.6 Å². The van der Waals surface area contributed by atoms with Gasteiger partial charge in [0.2, 0.25) is 0 Å². The summed E-state index contributed by atoms with van der Waals surface area (Å²) in [5.41, 5.74) is 4.56. The number of pyridine rings is 1. The first-order valence-corrected chi connectivity index (χ1v) is 11.1. The molecule has 0 aliphatic rings. The Bertz CT molecular complexity index is 1630. The lowest BCUT2D eigenvalue weighted by atomic mass is 10.0. The summed E-state index contributed by atoms with van der Waals surface area (Å²) in [6.45, 7) is 0. The average Bonchev–Trinajstić information content (AvgIpc) is 3.29. The van der Waals surface area contributed by atoms with Gasteiger partial charge in [0, 0.05) is 5.39 Å². The van der Waals surface area contributed by atoms with Gasteiger partial charge in [-0.15, -0.1) is 0 Å². The maximum atomic E-state index is 14.4. The van der Waals surface area contributed by atoms with Gasteiger partial charge in [0.1, 0.15) is 23.1 Å². The molecule has 6 heteroatoms. The van der Waals surface area contributed by atoms with Gasteiger partial charge < -0.3 is 9.72 Å². The van der Waals surface area contributed by atoms with Crippen molar-refractivity contribution in [3.63, 3.8) is 0 Å². The third-order valence-corrected chi connectivity index (χ3v) is 6.00. The fraction of sp³-hybridized carbons (Fsp3) is 0. The molecule has 0 amide bonds. The van der Waals surface area contributed by atoms with E-state index >= 15 is 0 Å². The summed E-state index contributed by atoms with van der Waals surface area (Å²) in [4.78, 5) is 12.4. The second-order valence-corrected chi connectivity index (χ2v) is 8.28. The van der Waals surface area contributed by atoms with Gasteiger partial charge in [0.05, 0.1) is 33.3 Å². The Labute approximate surface area is 199 Å². The molecular weight excluding hydrogens is 449 g/mol. The molecule has 0 spiro atoms. The first-order valence-electron chi connectivity index (χ1n) is 10.7. The van der Waals surface area contributed by atoms with Gasteiger partial charge >= 0.3 is 0 Å². The summed E-state index contributed by atoms with van der Waals surface area (Å²) in [5, 5.41) is 1.18. The van der Waals surface area contributed by atoms with Crippen molar-refractivity contribution in [2.75, 3.05) is 0 Å². The number of para-hydroxylation sites is 1. The van der Waals surface area contributed by atoms with Crippen LogP contribution in [-0.2, 0) is 0 Å². The Kier molecular flexibility index (Phi) is 4.97. The molecule has 0 radical (unpaired) electrons. The Morgan fingerprint density at radius 1 is 0.794 bits per heavy atom. The van der Waals surface area contributed by atoms with Crippen LogP contribution in [0.3, 0.4) is 0 Å². The maximum absolute atomic E-state index is 14.4. The quantitative estimate of drug-likeness (QED) is 0.286. The van der Waals surface area contributed by atoms with Crippen LogP contribution in [-0.4, -0.2) is 15.0 Å². The summed E-state index contributed by atoms with van der Waals surface area (Å²) in [7, 11) is 0. The van der Waals surface area contributed by atoms with Crippen molar-refractivity contribution < 1.29 is 9.13 Å². The van der Waals surface area contributed by atoms with Gasteiger partial charge in [-0.25, -0.2) is 9.37 Å². The predicted molar refractivity (Wildman–Crippen MR) is 134 cm³/mol. The minimum atomic E-state index is -0.425. The van der Waals surface area contributed by atoms with Crippen LogP contribution in [0, 0.1) is 5.82 Å². The Morgan fingerprint density at radius 2 is 1.56 bits per heavy atom. The molecule has 4 nitrogen and oxygen atoms in total. The predicted octanol–water partition coefficient (Wildman–Crippen LogP) is 8.03. The average molecular weight is 466 g/mol. The molecule has 4 aromatic carbocycles. The van der Waals surface area contributed by atoms with E-state index < -0.39 is 5.82 Å². The van der Waals surface area contributed by atoms with E-state index in [-0.39, 0.29) is 5.56 Å². The number of ether oxygens (including phenoxy) is 1. The Hall–Kier alpha value is -4.22. The largest absolute Gasteiger partial charge is 0.457 e. The molecule has 34 heavy (non-hydrogen) atoms. The number of fused-ring (bicyclic) bond motifs is 3. The molecule has 0 atom stereocenters. The first kappa shape index (κ1) is 20.4. The number of nitrogens with one attached hydrogen (secondary N) is 1. The van der Waals surface area contributed by atoms with Gasteiger partial charge in [-0.1, -0.05) is 54.1 Å². The summed E-state index contributed by atoms with van der Waals surface area (Å²) < 4.78 is 20.3. The van der Waals surface area contributed by atoms with Crippen LogP contribution in [0.15, 0.2) is 97.2 Å². The van der Waals surface area contributed by atoms with Crippen molar-refractivity contribution in [3.8, 4) is 34.0 Å². The van der Waals surface area contributed by atoms with Crippen molar-refractivity contribution in [2.24, 2.45) is 0 Å². The molecule has 6 aromatic rings. The maximum Gasteiger partial charge on any atom is 0.143 e. The van der Waals surface area contributed by atoms with E-state index in [2.05, 4.69) is 15.0 Å². The summed E-state index contributed by atoms with van der Waals surface area (Å²) in [5.74, 6) is 1.52. The molecule has 2 aromatic heterocycles. The third-order valence-electron chi connectivity index (χ3n) is 5.68. The normalized spacial score (nSPS) is 11.2. The Balaban J connectivity index is 1.35. The van der Waals surface area contributed by atoms with Gasteiger partial charge in [0.25, 0.3) is 0 Å². The number of aromatic amines is 1. The van der Waals surface area contributed by atoms with Gasteiger partial charge in [-0.05, 0) is 59.7 Å². The standard InChI is InChI=1S/C28H17ClFN3O/c29-22-7-4-8-23(30)26(22)28-32-25-16-31-24-15-18(11-14-21(24)27(25)33-28)17-9-12-20(13-10-17)34-19-5-2-1-3-6-19/h1-16H,(H,32,33). The smallest absolute Gasteiger partial charge is 0.143 e. The third kappa shape index (κ3) is 3.66. The molecule has 0 unspecified atom stereocenters. The highest BCUT2D eigenvalue weighted by Gasteiger charge is 2.16. The molecule has 6 rings (SSSR count). The number of nitrogens with zero attached hydrogens (tertiary/aromatic N) is 2. The van der Waals surface area contributed by atoms with Crippen LogP contribution in [0.25, 0.3) is 44.5 Å². The number of H-pyrrole nitrogens is 1. The van der Waals surface area contributed by atoms with Crippen molar-refractivity contribution in [1.29, 1.82) is 0 Å². The van der Waals surface area contributed by atoms with Crippen LogP contribution in [0.2, 0.25) is 5.02 Å². The van der Waals surface area contributed by atoms with Crippen LogP contribution in [0.5, 0.6) is 11.5 Å². The second-order valence-electron chi connectivity index (χ2n) is 7.87. The monoisotopic (exact) mass is 465 g/mol. The summed E-state index contributed by atoms with van der Waals surface area (Å²) in [6.07, 6.45) is 1.71. The van der Waals surface area contributed by atoms with Crippen LogP contribution in [0.1, 0.15) is 0 Å². The Morgan fingerprint density at radius 3 is 2.35 bits per heavy atom. The van der Waals surface area contributed by atoms with E-state index in [9.17, 15) is 4.39 Å². The lowest BCUT2D eigenvalue weighted by molar-refractivity contribution is 0.483. The number of benzene rings is 4. The SMILES string of the molecule is Fc1cccc(Cl)c1-c1nc2c(cnc3cc(-c4ccc(Oc5ccccc5)cc4)ccc32)[nH]1. The molecule has 164 valence electrons. The van der Waals surface area contributed by atoms with E-state index in [1.807, 2.05) is 72.8 Å². The zero-order valence-electron chi connectivity index (χ0n) is 17.8. The minimum absolute atomic E-state index is 0.253. The summed E-state index contributed by atoms with van der Waals surface area (Å²) in [6, 6.07) is 28.2. The van der Waals surface area contributed by atoms with Crippen molar-refractivity contribution in [2.45, 2.75) is 0 Å². The molecule has 2 heterocycles. The highest BCUT2D eigenvalue weighted by atomic mass is 35.5. The van der Waals surface area contributed by atoms with E-state index in [1.54, 1.807) is 18.3 Å². The number of rotatable bonds is 4. The number of halogens is 2. The number of hydrogen-bond acceptors (Lipinski definition) is 3. The molecule has 1 N–H and O–H groups in total. The van der Waals surface area contributed by atoms with E-state index in [4.69, 9.17) is 16.3 Å². The topological polar surface area (TPSA) is 50.8 Å². The van der Waals surface area contributed by atoms with Crippen LogP contribution in [0.4, 0.5) is 4.39 Å². The first-order chi connectivity index (χ1) is 16.7. The number of imidazole rings is 1. The number of aromatic nitrogens is 3. The van der Waals surface area contributed by atoms with Crippen LogP contribution >= 0.6 is 11.6 Å². The number of hydrogen-bond donors (Lipinski definition) is 1.